The number of piperidine rings is 1. The van der Waals surface area contributed by atoms with Crippen molar-refractivity contribution in [2.45, 2.75) is 25.9 Å². The summed E-state index contributed by atoms with van der Waals surface area (Å²) in [6.45, 7) is 4.01. The molecule has 6 heteroatoms. The number of aryl methyl sites for hydroxylation is 1. The van der Waals surface area contributed by atoms with Gasteiger partial charge < -0.3 is 15.4 Å². The Morgan fingerprint density at radius 3 is 2.88 bits per heavy atom. The number of ether oxygens (including phenoxy) is 1. The third kappa shape index (κ3) is 3.19. The van der Waals surface area contributed by atoms with E-state index in [2.05, 4.69) is 39.8 Å². The van der Waals surface area contributed by atoms with Crippen molar-refractivity contribution in [3.05, 3.63) is 48.0 Å². The first kappa shape index (κ1) is 15.0. The quantitative estimate of drug-likeness (QED) is 0.773. The van der Waals surface area contributed by atoms with Crippen molar-refractivity contribution >= 4 is 17.3 Å². The number of pyridine rings is 1. The molecular weight excluding hydrogens is 302 g/mol. The van der Waals surface area contributed by atoms with Gasteiger partial charge in [0.2, 0.25) is 11.8 Å². The second-order valence-electron chi connectivity index (χ2n) is 6.15. The monoisotopic (exact) mass is 323 g/mol. The van der Waals surface area contributed by atoms with Gasteiger partial charge in [-0.05, 0) is 44.5 Å². The van der Waals surface area contributed by atoms with E-state index in [1.54, 1.807) is 4.52 Å². The lowest BCUT2D eigenvalue weighted by atomic mass is 10.1. The van der Waals surface area contributed by atoms with Crippen LogP contribution in [0.4, 0.5) is 11.6 Å². The van der Waals surface area contributed by atoms with E-state index in [0.29, 0.717) is 5.95 Å². The molecule has 1 atom stereocenters. The van der Waals surface area contributed by atoms with E-state index in [4.69, 9.17) is 4.74 Å². The van der Waals surface area contributed by atoms with Gasteiger partial charge in [-0.25, -0.2) is 0 Å². The van der Waals surface area contributed by atoms with E-state index in [9.17, 15) is 0 Å². The van der Waals surface area contributed by atoms with E-state index in [1.165, 1.54) is 5.56 Å². The van der Waals surface area contributed by atoms with Crippen LogP contribution in [0.5, 0.6) is 5.88 Å². The fourth-order valence-electron chi connectivity index (χ4n) is 2.88. The molecule has 1 fully saturated rings. The standard InChI is InChI=1S/C18H21N5O/c1-13-7-9-14(10-8-13)20-18-21-16-5-2-6-17(23(16)22-18)24-15-4-3-11-19-12-15/h2,5-10,15,19H,3-4,11-12H2,1H3,(H,20,22)/t15-/m0/s1. The molecule has 1 aromatic carbocycles. The molecule has 2 N–H and O–H groups in total. The average molecular weight is 323 g/mol. The zero-order valence-electron chi connectivity index (χ0n) is 13.7. The first-order valence-electron chi connectivity index (χ1n) is 8.35. The van der Waals surface area contributed by atoms with Crippen LogP contribution < -0.4 is 15.4 Å². The minimum absolute atomic E-state index is 0.182. The number of hydrogen-bond acceptors (Lipinski definition) is 5. The first-order valence-corrected chi connectivity index (χ1v) is 8.35. The molecule has 124 valence electrons. The van der Waals surface area contributed by atoms with Crippen LogP contribution in [0.1, 0.15) is 18.4 Å². The molecule has 24 heavy (non-hydrogen) atoms. The normalized spacial score (nSPS) is 17.8. The van der Waals surface area contributed by atoms with Crippen LogP contribution in [0.3, 0.4) is 0 Å². The topological polar surface area (TPSA) is 63.5 Å². The van der Waals surface area contributed by atoms with E-state index >= 15 is 0 Å². The van der Waals surface area contributed by atoms with Crippen molar-refractivity contribution in [1.82, 2.24) is 19.9 Å². The van der Waals surface area contributed by atoms with E-state index in [-0.39, 0.29) is 6.10 Å². The van der Waals surface area contributed by atoms with Gasteiger partial charge in [-0.2, -0.15) is 9.50 Å². The maximum Gasteiger partial charge on any atom is 0.247 e. The number of anilines is 2. The van der Waals surface area contributed by atoms with Gasteiger partial charge in [-0.3, -0.25) is 0 Å². The van der Waals surface area contributed by atoms with Crippen LogP contribution in [0.15, 0.2) is 42.5 Å². The molecule has 4 rings (SSSR count). The number of aromatic nitrogens is 3. The highest BCUT2D eigenvalue weighted by Gasteiger charge is 2.16. The van der Waals surface area contributed by atoms with Crippen LogP contribution in [0, 0.1) is 6.92 Å². The van der Waals surface area contributed by atoms with Crippen molar-refractivity contribution in [3.8, 4) is 5.88 Å². The average Bonchev–Trinajstić information content (AvgIpc) is 3.01. The maximum atomic E-state index is 6.12. The largest absolute Gasteiger partial charge is 0.473 e. The zero-order chi connectivity index (χ0) is 16.4. The Labute approximate surface area is 140 Å². The lowest BCUT2D eigenvalue weighted by molar-refractivity contribution is 0.157. The fraction of sp³-hybridized carbons (Fsp3) is 0.333. The van der Waals surface area contributed by atoms with E-state index in [1.807, 2.05) is 30.3 Å². The number of fused-ring (bicyclic) bond motifs is 1. The summed E-state index contributed by atoms with van der Waals surface area (Å²) in [5.74, 6) is 1.29. The number of nitrogens with one attached hydrogen (secondary N) is 2. The summed E-state index contributed by atoms with van der Waals surface area (Å²) >= 11 is 0. The summed E-state index contributed by atoms with van der Waals surface area (Å²) in [6, 6.07) is 14.0. The third-order valence-corrected chi connectivity index (χ3v) is 4.17. The lowest BCUT2D eigenvalue weighted by Crippen LogP contribution is -2.37. The van der Waals surface area contributed by atoms with Crippen LogP contribution in [-0.4, -0.2) is 33.8 Å². The Kier molecular flexibility index (Phi) is 4.04. The maximum absolute atomic E-state index is 6.12. The zero-order valence-corrected chi connectivity index (χ0v) is 13.7. The second-order valence-corrected chi connectivity index (χ2v) is 6.15. The fourth-order valence-corrected chi connectivity index (χ4v) is 2.88. The van der Waals surface area contributed by atoms with Gasteiger partial charge in [0, 0.05) is 18.3 Å². The number of nitrogens with zero attached hydrogens (tertiary/aromatic N) is 3. The third-order valence-electron chi connectivity index (χ3n) is 4.17. The Balaban J connectivity index is 1.57. The number of hydrogen-bond donors (Lipinski definition) is 2. The Bertz CT molecular complexity index is 821. The number of rotatable bonds is 4. The molecule has 0 amide bonds. The lowest BCUT2D eigenvalue weighted by Gasteiger charge is -2.23. The van der Waals surface area contributed by atoms with Crippen LogP contribution in [0.25, 0.3) is 5.65 Å². The summed E-state index contributed by atoms with van der Waals surface area (Å²) in [7, 11) is 0. The van der Waals surface area contributed by atoms with Crippen LogP contribution in [-0.2, 0) is 0 Å². The van der Waals surface area contributed by atoms with Crippen molar-refractivity contribution in [2.75, 3.05) is 18.4 Å². The highest BCUT2D eigenvalue weighted by molar-refractivity contribution is 5.56. The molecule has 0 spiro atoms. The smallest absolute Gasteiger partial charge is 0.247 e. The molecule has 2 aromatic heterocycles. The first-order chi connectivity index (χ1) is 11.8. The van der Waals surface area contributed by atoms with Crippen LogP contribution >= 0.6 is 0 Å². The molecule has 0 unspecified atom stereocenters. The predicted molar refractivity (Wildman–Crippen MR) is 94.0 cm³/mol. The molecule has 0 aliphatic carbocycles. The van der Waals surface area contributed by atoms with Crippen molar-refractivity contribution in [3.63, 3.8) is 0 Å². The SMILES string of the molecule is Cc1ccc(Nc2nc3cccc(O[C@H]4CCCNC4)n3n2)cc1. The van der Waals surface area contributed by atoms with Gasteiger partial charge >= 0.3 is 0 Å². The molecule has 0 bridgehead atoms. The van der Waals surface area contributed by atoms with Gasteiger partial charge in [0.05, 0.1) is 0 Å². The van der Waals surface area contributed by atoms with Gasteiger partial charge in [0.1, 0.15) is 6.10 Å². The Morgan fingerprint density at radius 1 is 1.21 bits per heavy atom. The molecule has 1 aliphatic heterocycles. The molecule has 1 saturated heterocycles. The van der Waals surface area contributed by atoms with Crippen LogP contribution in [0.2, 0.25) is 0 Å². The molecular formula is C18H21N5O. The molecule has 3 heterocycles. The molecule has 0 saturated carbocycles. The summed E-state index contributed by atoms with van der Waals surface area (Å²) < 4.78 is 7.87. The summed E-state index contributed by atoms with van der Waals surface area (Å²) in [5, 5.41) is 11.1. The van der Waals surface area contributed by atoms with E-state index < -0.39 is 0 Å². The summed E-state index contributed by atoms with van der Waals surface area (Å²) in [6.07, 6.45) is 2.38. The summed E-state index contributed by atoms with van der Waals surface area (Å²) in [4.78, 5) is 4.53. The van der Waals surface area contributed by atoms with Gasteiger partial charge in [-0.15, -0.1) is 5.10 Å². The summed E-state index contributed by atoms with van der Waals surface area (Å²) in [5.41, 5.74) is 2.96. The van der Waals surface area contributed by atoms with Gasteiger partial charge in [-0.1, -0.05) is 23.8 Å². The van der Waals surface area contributed by atoms with E-state index in [0.717, 1.165) is 43.1 Å². The Hall–Kier alpha value is -2.60. The Morgan fingerprint density at radius 2 is 2.08 bits per heavy atom. The molecule has 0 radical (unpaired) electrons. The van der Waals surface area contributed by atoms with Crippen molar-refractivity contribution in [2.24, 2.45) is 0 Å². The van der Waals surface area contributed by atoms with Gasteiger partial charge in [0.15, 0.2) is 5.65 Å². The minimum atomic E-state index is 0.182. The number of benzene rings is 1. The van der Waals surface area contributed by atoms with Crippen molar-refractivity contribution < 1.29 is 4.74 Å². The van der Waals surface area contributed by atoms with Gasteiger partial charge in [0.25, 0.3) is 0 Å². The second kappa shape index (κ2) is 6.49. The molecule has 6 nitrogen and oxygen atoms in total. The molecule has 3 aromatic rings. The van der Waals surface area contributed by atoms with Crippen molar-refractivity contribution in [1.29, 1.82) is 0 Å². The molecule has 1 aliphatic rings. The highest BCUT2D eigenvalue weighted by atomic mass is 16.5. The highest BCUT2D eigenvalue weighted by Crippen LogP contribution is 2.20. The minimum Gasteiger partial charge on any atom is -0.473 e. The predicted octanol–water partition coefficient (Wildman–Crippen LogP) is 2.91.